The van der Waals surface area contributed by atoms with Gasteiger partial charge in [0.25, 0.3) is 0 Å². The van der Waals surface area contributed by atoms with Crippen molar-refractivity contribution in [3.05, 3.63) is 290 Å². The van der Waals surface area contributed by atoms with Crippen molar-refractivity contribution in [3.63, 3.8) is 0 Å². The molecular weight excluding hydrogens is 945 g/mol. The number of hydrogen-bond acceptors (Lipinski definition) is 3. The van der Waals surface area contributed by atoms with Gasteiger partial charge in [0.2, 0.25) is 0 Å². The average Bonchev–Trinajstić information content (AvgIpc) is 4.04. The van der Waals surface area contributed by atoms with E-state index in [1.807, 2.05) is 6.07 Å². The minimum Gasteiger partial charge on any atom is -0.454 e. The van der Waals surface area contributed by atoms with E-state index in [0.29, 0.717) is 0 Å². The minimum atomic E-state index is -0.186. The highest BCUT2D eigenvalue weighted by Crippen LogP contribution is 2.53. The fourth-order valence-corrected chi connectivity index (χ4v) is 12.5. The first-order valence-corrected chi connectivity index (χ1v) is 27.0. The van der Waals surface area contributed by atoms with Crippen molar-refractivity contribution < 1.29 is 4.42 Å². The van der Waals surface area contributed by atoms with Crippen LogP contribution in [0.4, 0.5) is 34.1 Å². The maximum absolute atomic E-state index is 6.66. The number of rotatable bonds is 9. The highest BCUT2D eigenvalue weighted by atomic mass is 16.3. The molecule has 1 aromatic heterocycles. The van der Waals surface area contributed by atoms with Crippen LogP contribution in [0.2, 0.25) is 0 Å². The summed E-state index contributed by atoms with van der Waals surface area (Å²) in [4.78, 5) is 4.73. The van der Waals surface area contributed by atoms with Gasteiger partial charge < -0.3 is 14.2 Å². The van der Waals surface area contributed by atoms with E-state index in [1.54, 1.807) is 0 Å². The molecule has 0 radical (unpaired) electrons. The lowest BCUT2D eigenvalue weighted by Gasteiger charge is -2.27. The van der Waals surface area contributed by atoms with Gasteiger partial charge in [0, 0.05) is 44.6 Å². The molecule has 15 rings (SSSR count). The zero-order valence-corrected chi connectivity index (χ0v) is 43.4. The normalized spacial score (nSPS) is 12.6. The highest BCUT2D eigenvalue weighted by Gasteiger charge is 2.37. The molecule has 1 aliphatic carbocycles. The standard InChI is InChI=1S/C75H52N2O/c1-75(2)70-45-44-59(46-68(70)69-47-66-62-22-11-9-20-60(62)61-21-10-12-23-63(61)67(66)48-71(69)75)76(55-36-28-51(29-37-55)49-16-5-3-6-17-49)56-38-30-53(31-39-56)54-34-42-58(43-35-54)77(57-40-32-52(33-41-57)50-18-7-4-8-19-50)72-26-15-25-65-64-24-13-14-27-73(64)78-74(65)72/h3-48H,1-2H3. The van der Waals surface area contributed by atoms with Gasteiger partial charge in [-0.3, -0.25) is 0 Å². The molecule has 0 bridgehead atoms. The Hall–Kier alpha value is -9.96. The van der Waals surface area contributed by atoms with Crippen molar-refractivity contribution in [1.82, 2.24) is 0 Å². The van der Waals surface area contributed by atoms with Crippen molar-refractivity contribution in [2.75, 3.05) is 9.80 Å². The summed E-state index contributed by atoms with van der Waals surface area (Å²) in [6, 6.07) is 102. The topological polar surface area (TPSA) is 19.6 Å². The van der Waals surface area contributed by atoms with Crippen molar-refractivity contribution in [1.29, 1.82) is 0 Å². The molecule has 3 heteroatoms. The number of hydrogen-bond donors (Lipinski definition) is 0. The Bertz CT molecular complexity index is 4600. The molecule has 3 nitrogen and oxygen atoms in total. The second kappa shape index (κ2) is 18.1. The van der Waals surface area contributed by atoms with Gasteiger partial charge in [-0.15, -0.1) is 0 Å². The molecule has 368 valence electrons. The molecule has 0 spiro atoms. The molecule has 0 aliphatic heterocycles. The molecule has 1 heterocycles. The summed E-state index contributed by atoms with van der Waals surface area (Å²) < 4.78 is 6.66. The monoisotopic (exact) mass is 996 g/mol. The molecule has 0 unspecified atom stereocenters. The Balaban J connectivity index is 0.818. The number of fused-ring (bicyclic) bond motifs is 12. The van der Waals surface area contributed by atoms with Gasteiger partial charge in [-0.2, -0.15) is 0 Å². The third-order valence-electron chi connectivity index (χ3n) is 16.5. The smallest absolute Gasteiger partial charge is 0.159 e. The van der Waals surface area contributed by atoms with Gasteiger partial charge in [-0.25, -0.2) is 0 Å². The maximum Gasteiger partial charge on any atom is 0.159 e. The molecule has 78 heavy (non-hydrogen) atoms. The van der Waals surface area contributed by atoms with Crippen LogP contribution >= 0.6 is 0 Å². The fourth-order valence-electron chi connectivity index (χ4n) is 12.5. The molecule has 13 aromatic carbocycles. The summed E-state index contributed by atoms with van der Waals surface area (Å²) in [6.45, 7) is 4.78. The first-order valence-electron chi connectivity index (χ1n) is 27.0. The molecule has 14 aromatic rings. The molecule has 0 atom stereocenters. The Labute approximate surface area is 454 Å². The third kappa shape index (κ3) is 7.42. The predicted octanol–water partition coefficient (Wildman–Crippen LogP) is 21.3. The van der Waals surface area contributed by atoms with Crippen LogP contribution in [0, 0.1) is 0 Å². The van der Waals surface area contributed by atoms with E-state index in [0.717, 1.165) is 67.2 Å². The first kappa shape index (κ1) is 45.4. The van der Waals surface area contributed by atoms with Crippen LogP contribution in [0.1, 0.15) is 25.0 Å². The van der Waals surface area contributed by atoms with Gasteiger partial charge in [0.05, 0.1) is 5.69 Å². The number of para-hydroxylation sites is 2. The third-order valence-corrected chi connectivity index (χ3v) is 16.5. The van der Waals surface area contributed by atoms with E-state index in [4.69, 9.17) is 4.42 Å². The lowest BCUT2D eigenvalue weighted by molar-refractivity contribution is 0.661. The van der Waals surface area contributed by atoms with Crippen LogP contribution in [0.25, 0.3) is 98.8 Å². The number of furan rings is 1. The van der Waals surface area contributed by atoms with Crippen molar-refractivity contribution >= 4 is 88.4 Å². The van der Waals surface area contributed by atoms with Gasteiger partial charge >= 0.3 is 0 Å². The van der Waals surface area contributed by atoms with E-state index in [9.17, 15) is 0 Å². The largest absolute Gasteiger partial charge is 0.454 e. The molecule has 0 saturated carbocycles. The molecule has 0 amide bonds. The summed E-state index contributed by atoms with van der Waals surface area (Å²) in [5, 5.41) is 9.99. The van der Waals surface area contributed by atoms with Crippen LogP contribution in [-0.2, 0) is 5.41 Å². The average molecular weight is 997 g/mol. The molecule has 0 fully saturated rings. The second-order valence-corrected chi connectivity index (χ2v) is 21.2. The Kier molecular flexibility index (Phi) is 10.6. The van der Waals surface area contributed by atoms with Crippen LogP contribution in [0.5, 0.6) is 0 Å². The quantitative estimate of drug-likeness (QED) is 0.134. The molecular formula is C75H52N2O. The maximum atomic E-state index is 6.66. The Morgan fingerprint density at radius 2 is 0.654 bits per heavy atom. The van der Waals surface area contributed by atoms with E-state index in [-0.39, 0.29) is 5.41 Å². The van der Waals surface area contributed by atoms with Crippen LogP contribution in [-0.4, -0.2) is 0 Å². The van der Waals surface area contributed by atoms with Gasteiger partial charge in [0.1, 0.15) is 5.58 Å². The Morgan fingerprint density at radius 3 is 1.17 bits per heavy atom. The van der Waals surface area contributed by atoms with Crippen molar-refractivity contribution in [2.45, 2.75) is 19.3 Å². The van der Waals surface area contributed by atoms with Crippen LogP contribution in [0.3, 0.4) is 0 Å². The van der Waals surface area contributed by atoms with E-state index >= 15 is 0 Å². The number of anilines is 6. The summed E-state index contributed by atoms with van der Waals surface area (Å²) in [7, 11) is 0. The van der Waals surface area contributed by atoms with Crippen LogP contribution in [0.15, 0.2) is 283 Å². The fraction of sp³-hybridized carbons (Fsp3) is 0.0400. The molecule has 0 N–H and O–H groups in total. The minimum absolute atomic E-state index is 0.186. The van der Waals surface area contributed by atoms with E-state index < -0.39 is 0 Å². The highest BCUT2D eigenvalue weighted by molar-refractivity contribution is 6.26. The second-order valence-electron chi connectivity index (χ2n) is 21.2. The summed E-state index contributed by atoms with van der Waals surface area (Å²) >= 11 is 0. The zero-order chi connectivity index (χ0) is 51.9. The molecule has 0 saturated heterocycles. The van der Waals surface area contributed by atoms with Crippen molar-refractivity contribution in [2.24, 2.45) is 0 Å². The predicted molar refractivity (Wildman–Crippen MR) is 329 cm³/mol. The zero-order valence-electron chi connectivity index (χ0n) is 43.4. The summed E-state index contributed by atoms with van der Waals surface area (Å²) in [5.41, 5.74) is 20.2. The van der Waals surface area contributed by atoms with E-state index in [2.05, 4.69) is 297 Å². The van der Waals surface area contributed by atoms with Crippen LogP contribution < -0.4 is 9.80 Å². The van der Waals surface area contributed by atoms with Gasteiger partial charge in [0.15, 0.2) is 5.58 Å². The summed E-state index contributed by atoms with van der Waals surface area (Å²) in [5.74, 6) is 0. The Morgan fingerprint density at radius 1 is 0.269 bits per heavy atom. The number of nitrogens with zero attached hydrogens (tertiary/aromatic N) is 2. The van der Waals surface area contributed by atoms with E-state index in [1.165, 1.54) is 76.8 Å². The van der Waals surface area contributed by atoms with Gasteiger partial charge in [-0.1, -0.05) is 208 Å². The van der Waals surface area contributed by atoms with Gasteiger partial charge in [-0.05, 0) is 173 Å². The first-order chi connectivity index (χ1) is 38.4. The SMILES string of the molecule is CC1(C)c2ccc(N(c3ccc(-c4ccccc4)cc3)c3ccc(-c4ccc(N(c5ccc(-c6ccccc6)cc5)c5cccc6c5oc5ccccc56)cc4)cc3)cc2-c2cc3c4ccccc4c4ccccc4c3cc21. The lowest BCUT2D eigenvalue weighted by Crippen LogP contribution is -2.15. The molecule has 1 aliphatic rings. The summed E-state index contributed by atoms with van der Waals surface area (Å²) in [6.07, 6.45) is 0. The lowest BCUT2D eigenvalue weighted by atomic mass is 9.81. The number of benzene rings is 13. The van der Waals surface area contributed by atoms with Crippen molar-refractivity contribution in [3.8, 4) is 44.5 Å².